The molecule has 0 aromatic heterocycles. The average Bonchev–Trinajstić information content (AvgIpc) is 2.87. The number of hydrogen-bond acceptors (Lipinski definition) is 7. The summed E-state index contributed by atoms with van der Waals surface area (Å²) < 4.78 is 9.54. The maximum absolute atomic E-state index is 10.3. The number of fused-ring (bicyclic) bond motifs is 4. The number of aliphatic hydroxyl groups is 1. The zero-order valence-electron chi connectivity index (χ0n) is 25.9. The monoisotopic (exact) mass is 572 g/mol. The molecule has 40 heavy (non-hydrogen) atoms. The van der Waals surface area contributed by atoms with Crippen molar-refractivity contribution in [3.8, 4) is 0 Å². The van der Waals surface area contributed by atoms with Crippen LogP contribution in [0.15, 0.2) is 18.2 Å². The van der Waals surface area contributed by atoms with Gasteiger partial charge in [0.1, 0.15) is 12.5 Å². The van der Waals surface area contributed by atoms with Gasteiger partial charge in [-0.05, 0) is 86.8 Å². The molecule has 4 aliphatic rings. The van der Waals surface area contributed by atoms with E-state index < -0.39 is 0 Å². The molecular formula is C33H56N4O2S. The molecule has 2 saturated heterocycles. The quantitative estimate of drug-likeness (QED) is 0.363. The first kappa shape index (κ1) is 30.8. The maximum Gasteiger partial charge on any atom is 0.126 e. The van der Waals surface area contributed by atoms with E-state index in [1.54, 1.807) is 0 Å². The third-order valence-electron chi connectivity index (χ3n) is 9.62. The Bertz CT molecular complexity index is 934. The molecule has 2 saturated carbocycles. The number of benzene rings is 1. The Kier molecular flexibility index (Phi) is 10.6. The predicted molar refractivity (Wildman–Crippen MR) is 167 cm³/mol. The van der Waals surface area contributed by atoms with E-state index in [9.17, 15) is 5.11 Å². The minimum Gasteiger partial charge on any atom is -0.393 e. The Balaban J connectivity index is 1.47. The summed E-state index contributed by atoms with van der Waals surface area (Å²) in [5, 5.41) is 18.9. The summed E-state index contributed by atoms with van der Waals surface area (Å²) in [5.74, 6) is 1.93. The summed E-state index contributed by atoms with van der Waals surface area (Å²) in [6.45, 7) is 16.8. The van der Waals surface area contributed by atoms with Crippen LogP contribution in [0.2, 0.25) is 0 Å². The van der Waals surface area contributed by atoms with E-state index >= 15 is 0 Å². The second-order valence-corrected chi connectivity index (χ2v) is 15.5. The Morgan fingerprint density at radius 1 is 1.00 bits per heavy atom. The second-order valence-electron chi connectivity index (χ2n) is 14.2. The largest absolute Gasteiger partial charge is 0.393 e. The highest BCUT2D eigenvalue weighted by Gasteiger charge is 2.41. The van der Waals surface area contributed by atoms with Crippen LogP contribution in [0.5, 0.6) is 0 Å². The smallest absolute Gasteiger partial charge is 0.126 e. The summed E-state index contributed by atoms with van der Waals surface area (Å²) in [4.78, 5) is 2.79. The van der Waals surface area contributed by atoms with Crippen molar-refractivity contribution in [3.05, 3.63) is 34.9 Å². The molecule has 2 aliphatic carbocycles. The highest BCUT2D eigenvalue weighted by Crippen LogP contribution is 2.39. The molecule has 4 bridgehead atoms. The minimum absolute atomic E-state index is 0.00543. The van der Waals surface area contributed by atoms with E-state index in [4.69, 9.17) is 4.74 Å². The summed E-state index contributed by atoms with van der Waals surface area (Å²) in [6.07, 6.45) is 9.09. The van der Waals surface area contributed by atoms with E-state index in [-0.39, 0.29) is 24.7 Å². The van der Waals surface area contributed by atoms with Crippen LogP contribution < -0.4 is 10.6 Å². The standard InChI is InChI=1S/C33H56N4O2S/c1-21(2)13-27-20-39-31-17-30(32-23(5)9-7-10-24(32)6)34-33(35-31)37(18-22(3)4)40-29-12-8-11-25(14-29)19-36(27)26-15-28(38)16-26/h7,9-10,21-22,25-31,33-35,38H,8,11-20H2,1-6H3/t25?,26?,27-,28?,29?,30?,31?,33?/m1/s1. The lowest BCUT2D eigenvalue weighted by Crippen LogP contribution is -2.63. The molecule has 6 atom stereocenters. The van der Waals surface area contributed by atoms with Gasteiger partial charge in [-0.3, -0.25) is 15.5 Å². The lowest BCUT2D eigenvalue weighted by Gasteiger charge is -2.47. The molecule has 6 nitrogen and oxygen atoms in total. The molecular weight excluding hydrogens is 516 g/mol. The summed E-state index contributed by atoms with van der Waals surface area (Å²) in [5.41, 5.74) is 4.16. The van der Waals surface area contributed by atoms with E-state index in [1.807, 2.05) is 0 Å². The van der Waals surface area contributed by atoms with Crippen molar-refractivity contribution < 1.29 is 9.84 Å². The van der Waals surface area contributed by atoms with Crippen LogP contribution in [0, 0.1) is 31.6 Å². The van der Waals surface area contributed by atoms with Gasteiger partial charge in [0, 0.05) is 42.9 Å². The first-order valence-corrected chi connectivity index (χ1v) is 17.1. The van der Waals surface area contributed by atoms with Crippen LogP contribution in [0.1, 0.15) is 102 Å². The SMILES string of the molecule is Cc1cccc(C)c1C1CC2NC(N1)N(CC(C)C)SC1CCCC(C1)CN(C1CC(O)C1)[C@H](CC(C)C)CO2. The molecule has 0 amide bonds. The molecule has 4 fully saturated rings. The number of aliphatic hydroxyl groups excluding tert-OH is 1. The van der Waals surface area contributed by atoms with Gasteiger partial charge in [-0.2, -0.15) is 0 Å². The third kappa shape index (κ3) is 7.64. The lowest BCUT2D eigenvalue weighted by atomic mass is 9.83. The van der Waals surface area contributed by atoms with Crippen LogP contribution in [-0.2, 0) is 4.74 Å². The van der Waals surface area contributed by atoms with E-state index in [0.29, 0.717) is 29.2 Å². The molecule has 1 aromatic carbocycles. The lowest BCUT2D eigenvalue weighted by molar-refractivity contribution is -0.0831. The highest BCUT2D eigenvalue weighted by molar-refractivity contribution is 7.97. The highest BCUT2D eigenvalue weighted by atomic mass is 32.2. The number of nitrogens with one attached hydrogen (secondary N) is 2. The molecule has 0 radical (unpaired) electrons. The number of nitrogens with zero attached hydrogens (tertiary/aromatic N) is 2. The average molecular weight is 573 g/mol. The van der Waals surface area contributed by atoms with Gasteiger partial charge in [-0.25, -0.2) is 4.31 Å². The second kappa shape index (κ2) is 13.7. The molecule has 7 heteroatoms. The number of aryl methyl sites for hydroxylation is 2. The minimum atomic E-state index is -0.126. The van der Waals surface area contributed by atoms with Crippen molar-refractivity contribution in [1.29, 1.82) is 0 Å². The maximum atomic E-state index is 10.3. The molecule has 1 aromatic rings. The van der Waals surface area contributed by atoms with Gasteiger partial charge >= 0.3 is 0 Å². The van der Waals surface area contributed by atoms with Crippen molar-refractivity contribution in [2.75, 3.05) is 19.7 Å². The van der Waals surface area contributed by atoms with Gasteiger partial charge in [-0.1, -0.05) is 64.3 Å². The van der Waals surface area contributed by atoms with Crippen LogP contribution in [0.25, 0.3) is 0 Å². The van der Waals surface area contributed by atoms with Gasteiger partial charge in [0.25, 0.3) is 0 Å². The summed E-state index contributed by atoms with van der Waals surface area (Å²) in [7, 11) is 0. The molecule has 226 valence electrons. The number of hydrogen-bond donors (Lipinski definition) is 3. The Morgan fingerprint density at radius 3 is 2.42 bits per heavy atom. The van der Waals surface area contributed by atoms with Crippen molar-refractivity contribution >= 4 is 11.9 Å². The van der Waals surface area contributed by atoms with Crippen molar-refractivity contribution in [2.24, 2.45) is 17.8 Å². The summed E-state index contributed by atoms with van der Waals surface area (Å²) >= 11 is 2.10. The molecule has 2 aliphatic heterocycles. The van der Waals surface area contributed by atoms with Crippen molar-refractivity contribution in [2.45, 2.75) is 135 Å². The van der Waals surface area contributed by atoms with E-state index in [1.165, 1.54) is 42.4 Å². The third-order valence-corrected chi connectivity index (χ3v) is 11.0. The van der Waals surface area contributed by atoms with Crippen molar-refractivity contribution in [3.63, 3.8) is 0 Å². The Labute approximate surface area is 248 Å². The first-order chi connectivity index (χ1) is 19.2. The van der Waals surface area contributed by atoms with Gasteiger partial charge in [0.15, 0.2) is 0 Å². The van der Waals surface area contributed by atoms with E-state index in [0.717, 1.165) is 51.3 Å². The molecule has 0 spiro atoms. The van der Waals surface area contributed by atoms with Crippen LogP contribution in [0.3, 0.4) is 0 Å². The molecule has 5 rings (SSSR count). The fourth-order valence-electron chi connectivity index (χ4n) is 7.68. The Hall–Kier alpha value is -0.670. The molecule has 3 N–H and O–H groups in total. The van der Waals surface area contributed by atoms with Gasteiger partial charge in [0.2, 0.25) is 0 Å². The zero-order chi connectivity index (χ0) is 28.4. The van der Waals surface area contributed by atoms with Crippen LogP contribution in [0.4, 0.5) is 0 Å². The molecule has 2 heterocycles. The molecule has 5 unspecified atom stereocenters. The van der Waals surface area contributed by atoms with Crippen molar-refractivity contribution in [1.82, 2.24) is 19.8 Å². The van der Waals surface area contributed by atoms with Crippen LogP contribution >= 0.6 is 11.9 Å². The first-order valence-electron chi connectivity index (χ1n) is 16.2. The van der Waals surface area contributed by atoms with E-state index in [2.05, 4.69) is 91.5 Å². The fraction of sp³-hybridized carbons (Fsp3) is 0.818. The normalized spacial score (nSPS) is 36.5. The fourth-order valence-corrected chi connectivity index (χ4v) is 9.33. The Morgan fingerprint density at radius 2 is 1.75 bits per heavy atom. The van der Waals surface area contributed by atoms with Gasteiger partial charge < -0.3 is 9.84 Å². The topological polar surface area (TPSA) is 60.0 Å². The number of rotatable bonds is 6. The number of ether oxygens (including phenoxy) is 1. The van der Waals surface area contributed by atoms with Gasteiger partial charge in [0.05, 0.1) is 12.7 Å². The summed E-state index contributed by atoms with van der Waals surface area (Å²) in [6, 6.07) is 7.83. The predicted octanol–water partition coefficient (Wildman–Crippen LogP) is 5.97. The van der Waals surface area contributed by atoms with Gasteiger partial charge in [-0.15, -0.1) is 0 Å². The van der Waals surface area contributed by atoms with Crippen LogP contribution in [-0.4, -0.2) is 70.0 Å². The zero-order valence-corrected chi connectivity index (χ0v) is 26.8.